The van der Waals surface area contributed by atoms with E-state index < -0.39 is 5.82 Å². The van der Waals surface area contributed by atoms with Gasteiger partial charge in [-0.1, -0.05) is 17.7 Å². The first kappa shape index (κ1) is 16.7. The van der Waals surface area contributed by atoms with Crippen LogP contribution in [0, 0.1) is 11.7 Å². The number of amides is 2. The monoisotopic (exact) mass is 328 g/mol. The first-order chi connectivity index (χ1) is 10.5. The van der Waals surface area contributed by atoms with Gasteiger partial charge in [-0.15, -0.1) is 0 Å². The molecule has 1 fully saturated rings. The molecule has 1 saturated carbocycles. The van der Waals surface area contributed by atoms with Crippen LogP contribution in [0.4, 0.5) is 4.39 Å². The average molecular weight is 329 g/mol. The highest BCUT2D eigenvalue weighted by molar-refractivity contribution is 6.31. The summed E-state index contributed by atoms with van der Waals surface area (Å²) in [6.45, 7) is 0.703. The minimum absolute atomic E-state index is 0.100. The SMILES string of the molecule is COCCNC(=O)CNC(=O)C1CC1c1c(F)cccc1Cl. The van der Waals surface area contributed by atoms with Crippen molar-refractivity contribution in [3.05, 3.63) is 34.6 Å². The van der Waals surface area contributed by atoms with E-state index in [1.807, 2.05) is 0 Å². The van der Waals surface area contributed by atoms with Gasteiger partial charge in [0.25, 0.3) is 0 Å². The molecule has 1 aromatic rings. The van der Waals surface area contributed by atoms with Crippen LogP contribution in [0.15, 0.2) is 18.2 Å². The van der Waals surface area contributed by atoms with Gasteiger partial charge in [-0.25, -0.2) is 4.39 Å². The first-order valence-electron chi connectivity index (χ1n) is 7.01. The molecule has 0 aromatic heterocycles. The number of hydrogen-bond acceptors (Lipinski definition) is 3. The topological polar surface area (TPSA) is 67.4 Å². The largest absolute Gasteiger partial charge is 0.383 e. The molecule has 0 saturated heterocycles. The van der Waals surface area contributed by atoms with Crippen LogP contribution >= 0.6 is 11.6 Å². The number of hydrogen-bond donors (Lipinski definition) is 2. The Morgan fingerprint density at radius 3 is 2.86 bits per heavy atom. The molecule has 120 valence electrons. The molecule has 0 radical (unpaired) electrons. The zero-order valence-corrected chi connectivity index (χ0v) is 13.0. The first-order valence-corrected chi connectivity index (χ1v) is 7.39. The second-order valence-electron chi connectivity index (χ2n) is 5.14. The van der Waals surface area contributed by atoms with Crippen molar-refractivity contribution >= 4 is 23.4 Å². The molecule has 2 amide bonds. The third-order valence-corrected chi connectivity index (χ3v) is 3.88. The molecule has 2 N–H and O–H groups in total. The molecular weight excluding hydrogens is 311 g/mol. The minimum atomic E-state index is -0.398. The third-order valence-electron chi connectivity index (χ3n) is 3.55. The fourth-order valence-electron chi connectivity index (χ4n) is 2.32. The Labute approximate surface area is 133 Å². The van der Waals surface area contributed by atoms with Gasteiger partial charge in [0, 0.05) is 36.1 Å². The van der Waals surface area contributed by atoms with Crippen molar-refractivity contribution in [3.63, 3.8) is 0 Å². The van der Waals surface area contributed by atoms with Gasteiger partial charge in [-0.05, 0) is 18.6 Å². The van der Waals surface area contributed by atoms with E-state index in [9.17, 15) is 14.0 Å². The van der Waals surface area contributed by atoms with E-state index in [2.05, 4.69) is 10.6 Å². The predicted molar refractivity (Wildman–Crippen MR) is 80.2 cm³/mol. The number of benzene rings is 1. The summed E-state index contributed by atoms with van der Waals surface area (Å²) in [7, 11) is 1.54. The maximum absolute atomic E-state index is 13.8. The summed E-state index contributed by atoms with van der Waals surface area (Å²) in [5, 5.41) is 5.48. The zero-order valence-electron chi connectivity index (χ0n) is 12.2. The Kier molecular flexibility index (Phi) is 5.74. The standard InChI is InChI=1S/C15H18ClFN2O3/c1-22-6-5-18-13(20)8-19-15(21)10-7-9(10)14-11(16)3-2-4-12(14)17/h2-4,9-10H,5-8H2,1H3,(H,18,20)(H,19,21). The van der Waals surface area contributed by atoms with E-state index in [1.54, 1.807) is 6.07 Å². The van der Waals surface area contributed by atoms with Gasteiger partial charge >= 0.3 is 0 Å². The van der Waals surface area contributed by atoms with Gasteiger partial charge in [0.2, 0.25) is 11.8 Å². The van der Waals surface area contributed by atoms with E-state index >= 15 is 0 Å². The van der Waals surface area contributed by atoms with E-state index in [4.69, 9.17) is 16.3 Å². The normalized spacial score (nSPS) is 19.6. The van der Waals surface area contributed by atoms with Gasteiger partial charge in [0.1, 0.15) is 5.82 Å². The summed E-state index contributed by atoms with van der Waals surface area (Å²) >= 11 is 5.99. The molecule has 1 aliphatic rings. The zero-order chi connectivity index (χ0) is 16.1. The van der Waals surface area contributed by atoms with Crippen LogP contribution in [-0.2, 0) is 14.3 Å². The lowest BCUT2D eigenvalue weighted by Gasteiger charge is -2.07. The molecule has 0 bridgehead atoms. The molecule has 22 heavy (non-hydrogen) atoms. The van der Waals surface area contributed by atoms with Gasteiger partial charge < -0.3 is 15.4 Å². The van der Waals surface area contributed by atoms with Crippen molar-refractivity contribution in [1.82, 2.24) is 10.6 Å². The Hall–Kier alpha value is -1.66. The molecule has 5 nitrogen and oxygen atoms in total. The lowest BCUT2D eigenvalue weighted by Crippen LogP contribution is -2.38. The van der Waals surface area contributed by atoms with Crippen molar-refractivity contribution in [2.24, 2.45) is 5.92 Å². The number of halogens is 2. The smallest absolute Gasteiger partial charge is 0.239 e. The van der Waals surface area contributed by atoms with Gasteiger partial charge in [0.15, 0.2) is 0 Å². The van der Waals surface area contributed by atoms with Crippen LogP contribution in [0.2, 0.25) is 5.02 Å². The highest BCUT2D eigenvalue weighted by atomic mass is 35.5. The fraction of sp³-hybridized carbons (Fsp3) is 0.467. The second-order valence-corrected chi connectivity index (χ2v) is 5.55. The molecule has 2 rings (SSSR count). The van der Waals surface area contributed by atoms with Gasteiger partial charge in [0.05, 0.1) is 13.2 Å². The summed E-state index contributed by atoms with van der Waals surface area (Å²) in [6.07, 6.45) is 0.539. The van der Waals surface area contributed by atoms with Crippen LogP contribution < -0.4 is 10.6 Å². The number of carbonyl (C=O) groups is 2. The molecule has 0 heterocycles. The van der Waals surface area contributed by atoms with Crippen LogP contribution in [0.3, 0.4) is 0 Å². The van der Waals surface area contributed by atoms with Crippen LogP contribution in [0.5, 0.6) is 0 Å². The number of nitrogens with one attached hydrogen (secondary N) is 2. The summed E-state index contributed by atoms with van der Waals surface area (Å²) in [4.78, 5) is 23.4. The van der Waals surface area contributed by atoms with Gasteiger partial charge in [-0.2, -0.15) is 0 Å². The number of rotatable bonds is 7. The van der Waals surface area contributed by atoms with Crippen LogP contribution in [0.1, 0.15) is 17.9 Å². The number of methoxy groups -OCH3 is 1. The van der Waals surface area contributed by atoms with Gasteiger partial charge in [-0.3, -0.25) is 9.59 Å². The number of carbonyl (C=O) groups excluding carboxylic acids is 2. The molecule has 2 unspecified atom stereocenters. The van der Waals surface area contributed by atoms with Crippen molar-refractivity contribution in [2.45, 2.75) is 12.3 Å². The Bertz CT molecular complexity index is 547. The summed E-state index contributed by atoms with van der Waals surface area (Å²) in [5.74, 6) is -1.49. The summed E-state index contributed by atoms with van der Waals surface area (Å²) in [6, 6.07) is 4.47. The van der Waals surface area contributed by atoms with Crippen LogP contribution in [0.25, 0.3) is 0 Å². The second kappa shape index (κ2) is 7.56. The maximum Gasteiger partial charge on any atom is 0.239 e. The average Bonchev–Trinajstić information content (AvgIpc) is 3.25. The Morgan fingerprint density at radius 2 is 2.18 bits per heavy atom. The highest BCUT2D eigenvalue weighted by Crippen LogP contribution is 2.50. The fourth-order valence-corrected chi connectivity index (χ4v) is 2.63. The van der Waals surface area contributed by atoms with E-state index in [-0.39, 0.29) is 30.2 Å². The van der Waals surface area contributed by atoms with E-state index in [1.165, 1.54) is 19.2 Å². The quantitative estimate of drug-likeness (QED) is 0.745. The van der Waals surface area contributed by atoms with E-state index in [0.29, 0.717) is 30.2 Å². The maximum atomic E-state index is 13.8. The molecule has 0 spiro atoms. The molecule has 0 aliphatic heterocycles. The molecule has 1 aromatic carbocycles. The van der Waals surface area contributed by atoms with Crippen molar-refractivity contribution in [3.8, 4) is 0 Å². The summed E-state index contributed by atoms with van der Waals surface area (Å²) in [5.41, 5.74) is 0.383. The number of ether oxygens (including phenoxy) is 1. The minimum Gasteiger partial charge on any atom is -0.383 e. The Balaban J connectivity index is 1.80. The van der Waals surface area contributed by atoms with Crippen LogP contribution in [-0.4, -0.2) is 38.6 Å². The third kappa shape index (κ3) is 4.18. The molecule has 2 atom stereocenters. The Morgan fingerprint density at radius 1 is 1.41 bits per heavy atom. The lowest BCUT2D eigenvalue weighted by atomic mass is 10.1. The van der Waals surface area contributed by atoms with Crippen molar-refractivity contribution in [2.75, 3.05) is 26.8 Å². The molecular formula is C15H18ClFN2O3. The van der Waals surface area contributed by atoms with E-state index in [0.717, 1.165) is 0 Å². The highest BCUT2D eigenvalue weighted by Gasteiger charge is 2.46. The van der Waals surface area contributed by atoms with Crippen molar-refractivity contribution in [1.29, 1.82) is 0 Å². The lowest BCUT2D eigenvalue weighted by molar-refractivity contribution is -0.126. The van der Waals surface area contributed by atoms with Crippen molar-refractivity contribution < 1.29 is 18.7 Å². The summed E-state index contributed by atoms with van der Waals surface area (Å²) < 4.78 is 18.6. The molecule has 7 heteroatoms. The predicted octanol–water partition coefficient (Wildman–Crippen LogP) is 1.46. The molecule has 1 aliphatic carbocycles.